The monoisotopic (exact) mass is 464 g/mol. The second-order valence-electron chi connectivity index (χ2n) is 6.96. The van der Waals surface area contributed by atoms with Gasteiger partial charge in [-0.25, -0.2) is 23.6 Å². The molecule has 158 valence electrons. The minimum absolute atomic E-state index is 0.294. The van der Waals surface area contributed by atoms with Gasteiger partial charge in [0, 0.05) is 27.0 Å². The maximum Gasteiger partial charge on any atom is 0.227 e. The van der Waals surface area contributed by atoms with Crippen LogP contribution in [-0.4, -0.2) is 23.7 Å². The second-order valence-corrected chi connectivity index (χ2v) is 8.36. The number of anilines is 2. The summed E-state index contributed by atoms with van der Waals surface area (Å²) in [6.07, 6.45) is 1.57. The summed E-state index contributed by atoms with van der Waals surface area (Å²) in [7, 11) is 0. The van der Waals surface area contributed by atoms with Crippen LogP contribution in [0.2, 0.25) is 5.02 Å². The lowest BCUT2D eigenvalue weighted by molar-refractivity contribution is 0.564. The lowest BCUT2D eigenvalue weighted by Gasteiger charge is -2.12. The summed E-state index contributed by atoms with van der Waals surface area (Å²) >= 11 is 4.19. The van der Waals surface area contributed by atoms with Gasteiger partial charge in [0.15, 0.2) is 11.1 Å². The number of nitrogens with one attached hydrogen (secondary N) is 1. The van der Waals surface area contributed by atoms with Gasteiger partial charge in [0.05, 0.1) is 16.8 Å². The standard InChI is InChI=1S/C23H14ClFN4O2S/c24-13-5-10-16-18(11-13)21(17-3-1-2-4-19(17)25)28-20-12-26-23(29-22(16)20)27-14-6-8-15(9-7-14)32(30)31/h1-12H,(H,30,31)(H,26,27,29). The molecule has 1 atom stereocenters. The molecule has 3 aromatic carbocycles. The van der Waals surface area contributed by atoms with Crippen LogP contribution in [0.15, 0.2) is 77.8 Å². The predicted molar refractivity (Wildman–Crippen MR) is 124 cm³/mol. The number of pyridine rings is 1. The molecular weight excluding hydrogens is 451 g/mol. The normalized spacial score (nSPS) is 12.2. The number of aromatic nitrogens is 3. The minimum atomic E-state index is -2.04. The van der Waals surface area contributed by atoms with E-state index in [1.807, 2.05) is 6.07 Å². The van der Waals surface area contributed by atoms with E-state index in [1.165, 1.54) is 6.07 Å². The van der Waals surface area contributed by atoms with Crippen LogP contribution < -0.4 is 5.32 Å². The van der Waals surface area contributed by atoms with Crippen molar-refractivity contribution in [3.05, 3.63) is 83.8 Å². The highest BCUT2D eigenvalue weighted by atomic mass is 35.5. The number of benzene rings is 3. The van der Waals surface area contributed by atoms with Gasteiger partial charge in [-0.1, -0.05) is 29.8 Å². The molecule has 0 spiro atoms. The van der Waals surface area contributed by atoms with E-state index in [0.717, 1.165) is 5.39 Å². The zero-order chi connectivity index (χ0) is 22.2. The first kappa shape index (κ1) is 20.4. The first-order chi connectivity index (χ1) is 15.5. The molecule has 32 heavy (non-hydrogen) atoms. The zero-order valence-electron chi connectivity index (χ0n) is 16.3. The third-order valence-electron chi connectivity index (χ3n) is 4.93. The van der Waals surface area contributed by atoms with E-state index in [9.17, 15) is 8.60 Å². The summed E-state index contributed by atoms with van der Waals surface area (Å²) in [5.41, 5.74) is 2.58. The van der Waals surface area contributed by atoms with Gasteiger partial charge < -0.3 is 9.87 Å². The van der Waals surface area contributed by atoms with Gasteiger partial charge in [-0.15, -0.1) is 0 Å². The van der Waals surface area contributed by atoms with Gasteiger partial charge in [0.25, 0.3) is 0 Å². The Morgan fingerprint density at radius 2 is 1.75 bits per heavy atom. The summed E-state index contributed by atoms with van der Waals surface area (Å²) < 4.78 is 34.8. The van der Waals surface area contributed by atoms with Gasteiger partial charge in [0.1, 0.15) is 16.9 Å². The molecule has 5 rings (SSSR count). The fourth-order valence-corrected chi connectivity index (χ4v) is 4.00. The summed E-state index contributed by atoms with van der Waals surface area (Å²) in [4.78, 5) is 13.9. The van der Waals surface area contributed by atoms with Crippen molar-refractivity contribution in [3.63, 3.8) is 0 Å². The van der Waals surface area contributed by atoms with E-state index in [1.54, 1.807) is 60.8 Å². The first-order valence-electron chi connectivity index (χ1n) is 9.48. The Balaban J connectivity index is 1.65. The minimum Gasteiger partial charge on any atom is -0.324 e. The smallest absolute Gasteiger partial charge is 0.227 e. The van der Waals surface area contributed by atoms with Crippen molar-refractivity contribution in [1.29, 1.82) is 0 Å². The highest BCUT2D eigenvalue weighted by Gasteiger charge is 2.15. The summed E-state index contributed by atoms with van der Waals surface area (Å²) in [5, 5.41) is 5.02. The van der Waals surface area contributed by atoms with E-state index < -0.39 is 11.1 Å². The molecule has 9 heteroatoms. The van der Waals surface area contributed by atoms with E-state index >= 15 is 0 Å². The fourth-order valence-electron chi connectivity index (χ4n) is 3.46. The molecule has 0 fully saturated rings. The molecule has 0 aliphatic carbocycles. The Morgan fingerprint density at radius 1 is 0.969 bits per heavy atom. The van der Waals surface area contributed by atoms with E-state index in [2.05, 4.69) is 20.3 Å². The maximum absolute atomic E-state index is 14.5. The van der Waals surface area contributed by atoms with Crippen molar-refractivity contribution in [1.82, 2.24) is 15.0 Å². The third-order valence-corrected chi connectivity index (χ3v) is 5.85. The summed E-state index contributed by atoms with van der Waals surface area (Å²) in [5.74, 6) is -0.0563. The summed E-state index contributed by atoms with van der Waals surface area (Å²) in [6, 6.07) is 18.2. The molecule has 5 aromatic rings. The molecule has 6 nitrogen and oxygen atoms in total. The Bertz CT molecular complexity index is 1510. The molecule has 0 amide bonds. The van der Waals surface area contributed by atoms with Crippen LogP contribution in [0.4, 0.5) is 16.0 Å². The van der Waals surface area contributed by atoms with E-state index in [4.69, 9.17) is 16.2 Å². The first-order valence-corrected chi connectivity index (χ1v) is 11.0. The van der Waals surface area contributed by atoms with Gasteiger partial charge in [-0.3, -0.25) is 0 Å². The van der Waals surface area contributed by atoms with Gasteiger partial charge in [-0.2, -0.15) is 0 Å². The Kier molecular flexibility index (Phi) is 5.26. The number of nitrogens with zero attached hydrogens (tertiary/aromatic N) is 3. The maximum atomic E-state index is 14.5. The molecule has 0 bridgehead atoms. The number of hydrogen-bond acceptors (Lipinski definition) is 5. The van der Waals surface area contributed by atoms with Crippen LogP contribution in [0, 0.1) is 5.82 Å². The molecule has 2 heterocycles. The number of rotatable bonds is 4. The highest BCUT2D eigenvalue weighted by molar-refractivity contribution is 7.79. The number of hydrogen-bond donors (Lipinski definition) is 2. The van der Waals surface area contributed by atoms with Crippen molar-refractivity contribution < 1.29 is 13.2 Å². The van der Waals surface area contributed by atoms with Crippen molar-refractivity contribution in [2.75, 3.05) is 5.32 Å². The summed E-state index contributed by atoms with van der Waals surface area (Å²) in [6.45, 7) is 0. The molecule has 0 radical (unpaired) electrons. The average Bonchev–Trinajstić information content (AvgIpc) is 2.79. The highest BCUT2D eigenvalue weighted by Crippen LogP contribution is 2.34. The molecule has 2 aromatic heterocycles. The molecule has 0 saturated heterocycles. The molecule has 1 unspecified atom stereocenters. The molecule has 0 aliphatic heterocycles. The lowest BCUT2D eigenvalue weighted by Crippen LogP contribution is -2.00. The fraction of sp³-hybridized carbons (Fsp3) is 0. The SMILES string of the molecule is O=S(O)c1ccc(Nc2ncc3nc(-c4ccccc4F)c4cc(Cl)ccc4c3n2)cc1. The molecule has 0 aliphatic rings. The van der Waals surface area contributed by atoms with Crippen LogP contribution in [0.1, 0.15) is 0 Å². The topological polar surface area (TPSA) is 88.0 Å². The van der Waals surface area contributed by atoms with Crippen molar-refractivity contribution in [2.45, 2.75) is 4.90 Å². The van der Waals surface area contributed by atoms with Crippen molar-refractivity contribution in [2.24, 2.45) is 0 Å². The van der Waals surface area contributed by atoms with Crippen LogP contribution in [0.5, 0.6) is 0 Å². The van der Waals surface area contributed by atoms with Crippen LogP contribution in [0.3, 0.4) is 0 Å². The number of fused-ring (bicyclic) bond motifs is 3. The second kappa shape index (κ2) is 8.23. The van der Waals surface area contributed by atoms with Gasteiger partial charge in [0.2, 0.25) is 5.95 Å². The lowest BCUT2D eigenvalue weighted by atomic mass is 10.0. The predicted octanol–water partition coefficient (Wildman–Crippen LogP) is 5.96. The Labute approximate surface area is 189 Å². The number of halogens is 2. The Hall–Kier alpha value is -3.46. The van der Waals surface area contributed by atoms with Gasteiger partial charge >= 0.3 is 0 Å². The Morgan fingerprint density at radius 3 is 2.50 bits per heavy atom. The third kappa shape index (κ3) is 3.80. The van der Waals surface area contributed by atoms with E-state index in [0.29, 0.717) is 49.2 Å². The molecule has 0 saturated carbocycles. The quantitative estimate of drug-likeness (QED) is 0.252. The van der Waals surface area contributed by atoms with Crippen LogP contribution in [0.25, 0.3) is 33.1 Å². The van der Waals surface area contributed by atoms with Gasteiger partial charge in [-0.05, 0) is 48.5 Å². The van der Waals surface area contributed by atoms with E-state index in [-0.39, 0.29) is 5.82 Å². The van der Waals surface area contributed by atoms with Crippen molar-refractivity contribution >= 4 is 56.1 Å². The largest absolute Gasteiger partial charge is 0.324 e. The van der Waals surface area contributed by atoms with Crippen LogP contribution in [-0.2, 0) is 11.1 Å². The van der Waals surface area contributed by atoms with Crippen LogP contribution >= 0.6 is 11.6 Å². The molecule has 2 N–H and O–H groups in total. The zero-order valence-corrected chi connectivity index (χ0v) is 17.9. The molecular formula is C23H14ClFN4O2S. The average molecular weight is 465 g/mol. The van der Waals surface area contributed by atoms with Crippen molar-refractivity contribution in [3.8, 4) is 11.3 Å².